The Labute approximate surface area is 158 Å². The van der Waals surface area contributed by atoms with Gasteiger partial charge in [0.2, 0.25) is 5.91 Å². The first-order valence-electron chi connectivity index (χ1n) is 8.39. The Bertz CT molecular complexity index is 747. The Kier molecular flexibility index (Phi) is 5.93. The average Bonchev–Trinajstić information content (AvgIpc) is 3.17. The Morgan fingerprint density at radius 3 is 2.64 bits per heavy atom. The molecule has 2 saturated heterocycles. The van der Waals surface area contributed by atoms with Crippen LogP contribution in [0.4, 0.5) is 0 Å². The summed E-state index contributed by atoms with van der Waals surface area (Å²) in [5.74, 6) is 0.0723. The largest absolute Gasteiger partial charge is 0.376 e. The first-order valence-corrected chi connectivity index (χ1v) is 11.0. The van der Waals surface area contributed by atoms with Crippen molar-refractivity contribution in [3.8, 4) is 0 Å². The van der Waals surface area contributed by atoms with Gasteiger partial charge in [0.1, 0.15) is 0 Å². The summed E-state index contributed by atoms with van der Waals surface area (Å²) in [5, 5.41) is 0.844. The van der Waals surface area contributed by atoms with Crippen molar-refractivity contribution in [2.24, 2.45) is 0 Å². The number of nitrogens with zero attached hydrogens (tertiary/aromatic N) is 1. The predicted octanol–water partition coefficient (Wildman–Crippen LogP) is 2.73. The molecule has 2 fully saturated rings. The van der Waals surface area contributed by atoms with Crippen molar-refractivity contribution in [1.29, 1.82) is 0 Å². The van der Waals surface area contributed by atoms with E-state index in [4.69, 9.17) is 27.9 Å². The average molecular weight is 406 g/mol. The van der Waals surface area contributed by atoms with Gasteiger partial charge in [0, 0.05) is 19.2 Å². The van der Waals surface area contributed by atoms with Gasteiger partial charge in [-0.3, -0.25) is 4.79 Å². The maximum absolute atomic E-state index is 12.9. The lowest BCUT2D eigenvalue weighted by Gasteiger charge is -2.30. The van der Waals surface area contributed by atoms with E-state index < -0.39 is 9.84 Å². The number of sulfone groups is 1. The molecule has 2 heterocycles. The molecule has 138 valence electrons. The molecule has 0 aliphatic carbocycles. The number of halogens is 2. The molecule has 0 saturated carbocycles. The third kappa shape index (κ3) is 4.88. The van der Waals surface area contributed by atoms with Gasteiger partial charge in [0.05, 0.1) is 34.1 Å². The summed E-state index contributed by atoms with van der Waals surface area (Å²) in [7, 11) is -3.07. The van der Waals surface area contributed by atoms with Crippen molar-refractivity contribution in [2.45, 2.75) is 37.8 Å². The summed E-state index contributed by atoms with van der Waals surface area (Å²) >= 11 is 11.9. The van der Waals surface area contributed by atoms with E-state index in [0.29, 0.717) is 29.6 Å². The maximum atomic E-state index is 12.9. The molecule has 2 atom stereocenters. The fourth-order valence-corrected chi connectivity index (χ4v) is 5.46. The molecular formula is C17H21Cl2NO4S. The van der Waals surface area contributed by atoms with Crippen LogP contribution in [0, 0.1) is 0 Å². The molecule has 25 heavy (non-hydrogen) atoms. The van der Waals surface area contributed by atoms with E-state index in [1.54, 1.807) is 23.1 Å². The van der Waals surface area contributed by atoms with Gasteiger partial charge in [-0.25, -0.2) is 8.42 Å². The van der Waals surface area contributed by atoms with Gasteiger partial charge in [-0.2, -0.15) is 0 Å². The summed E-state index contributed by atoms with van der Waals surface area (Å²) in [6.07, 6.45) is 2.52. The van der Waals surface area contributed by atoms with Crippen molar-refractivity contribution in [3.05, 3.63) is 33.8 Å². The highest BCUT2D eigenvalue weighted by atomic mass is 35.5. The van der Waals surface area contributed by atoms with E-state index in [0.717, 1.165) is 18.4 Å². The van der Waals surface area contributed by atoms with Crippen molar-refractivity contribution < 1.29 is 17.9 Å². The lowest BCUT2D eigenvalue weighted by atomic mass is 10.1. The molecular weight excluding hydrogens is 385 g/mol. The molecule has 0 bridgehead atoms. The van der Waals surface area contributed by atoms with Crippen LogP contribution in [0.1, 0.15) is 24.8 Å². The predicted molar refractivity (Wildman–Crippen MR) is 97.9 cm³/mol. The quantitative estimate of drug-likeness (QED) is 0.755. The summed E-state index contributed by atoms with van der Waals surface area (Å²) in [4.78, 5) is 14.6. The molecule has 2 aliphatic heterocycles. The Morgan fingerprint density at radius 2 is 2.04 bits per heavy atom. The number of ether oxygens (including phenoxy) is 1. The minimum Gasteiger partial charge on any atom is -0.376 e. The standard InChI is InChI=1S/C17H21Cl2NO4S/c18-15-4-3-12(8-16(15)19)9-17(21)20(10-14-2-1-6-24-14)13-5-7-25(22,23)11-13/h3-4,8,13-14H,1-2,5-7,9-11H2/t13-,14-/m0/s1. The molecule has 2 aliphatic rings. The van der Waals surface area contributed by atoms with Crippen molar-refractivity contribution >= 4 is 38.9 Å². The zero-order valence-corrected chi connectivity index (χ0v) is 16.1. The topological polar surface area (TPSA) is 63.7 Å². The molecule has 0 N–H and O–H groups in total. The zero-order chi connectivity index (χ0) is 18.0. The third-order valence-electron chi connectivity index (χ3n) is 4.73. The van der Waals surface area contributed by atoms with Crippen LogP contribution in [0.3, 0.4) is 0 Å². The Morgan fingerprint density at radius 1 is 1.24 bits per heavy atom. The molecule has 0 radical (unpaired) electrons. The van der Waals surface area contributed by atoms with Crippen LogP contribution in [-0.2, 0) is 25.8 Å². The number of carbonyl (C=O) groups excluding carboxylic acids is 1. The third-order valence-corrected chi connectivity index (χ3v) is 7.22. The second kappa shape index (κ2) is 7.82. The summed E-state index contributed by atoms with van der Waals surface area (Å²) in [6.45, 7) is 1.14. The number of carbonyl (C=O) groups is 1. The van der Waals surface area contributed by atoms with Crippen molar-refractivity contribution in [1.82, 2.24) is 4.90 Å². The molecule has 0 spiro atoms. The van der Waals surface area contributed by atoms with Gasteiger partial charge in [0.15, 0.2) is 9.84 Å². The summed E-state index contributed by atoms with van der Waals surface area (Å²) < 4.78 is 29.3. The molecule has 1 aromatic carbocycles. The summed E-state index contributed by atoms with van der Waals surface area (Å²) in [5.41, 5.74) is 0.762. The molecule has 1 amide bonds. The van der Waals surface area contributed by atoms with Crippen molar-refractivity contribution in [3.63, 3.8) is 0 Å². The van der Waals surface area contributed by atoms with Gasteiger partial charge < -0.3 is 9.64 Å². The van der Waals surface area contributed by atoms with Gasteiger partial charge in [-0.1, -0.05) is 29.3 Å². The van der Waals surface area contributed by atoms with Crippen LogP contribution in [0.2, 0.25) is 10.0 Å². The molecule has 1 aromatic rings. The lowest BCUT2D eigenvalue weighted by Crippen LogP contribution is -2.46. The van der Waals surface area contributed by atoms with Crippen LogP contribution in [0.25, 0.3) is 0 Å². The van der Waals surface area contributed by atoms with E-state index in [1.165, 1.54) is 0 Å². The molecule has 0 aromatic heterocycles. The minimum absolute atomic E-state index is 0.0129. The highest BCUT2D eigenvalue weighted by molar-refractivity contribution is 7.91. The monoisotopic (exact) mass is 405 g/mol. The fourth-order valence-electron chi connectivity index (χ4n) is 3.41. The van der Waals surface area contributed by atoms with E-state index in [1.807, 2.05) is 0 Å². The van der Waals surface area contributed by atoms with E-state index in [9.17, 15) is 13.2 Å². The van der Waals surface area contributed by atoms with Crippen LogP contribution in [0.5, 0.6) is 0 Å². The minimum atomic E-state index is -3.07. The maximum Gasteiger partial charge on any atom is 0.227 e. The first kappa shape index (κ1) is 19.0. The molecule has 3 rings (SSSR count). The smallest absolute Gasteiger partial charge is 0.227 e. The van der Waals surface area contributed by atoms with Crippen LogP contribution >= 0.6 is 23.2 Å². The highest BCUT2D eigenvalue weighted by Crippen LogP contribution is 2.25. The first-order chi connectivity index (χ1) is 11.8. The highest BCUT2D eigenvalue weighted by Gasteiger charge is 2.36. The number of benzene rings is 1. The molecule has 5 nitrogen and oxygen atoms in total. The van der Waals surface area contributed by atoms with Gasteiger partial charge in [-0.05, 0) is 37.0 Å². The van der Waals surface area contributed by atoms with Gasteiger partial charge in [-0.15, -0.1) is 0 Å². The van der Waals surface area contributed by atoms with E-state index >= 15 is 0 Å². The van der Waals surface area contributed by atoms with Crippen LogP contribution in [-0.4, -0.2) is 56.0 Å². The Hall–Kier alpha value is -0.820. The summed E-state index contributed by atoms with van der Waals surface area (Å²) in [6, 6.07) is 4.83. The second-order valence-corrected chi connectivity index (χ2v) is 9.71. The van der Waals surface area contributed by atoms with Gasteiger partial charge in [0.25, 0.3) is 0 Å². The SMILES string of the molecule is O=C(Cc1ccc(Cl)c(Cl)c1)N(C[C@@H]1CCCO1)[C@H]1CCS(=O)(=O)C1. The normalized spacial score (nSPS) is 25.2. The Balaban J connectivity index is 1.74. The lowest BCUT2D eigenvalue weighted by molar-refractivity contribution is -0.134. The zero-order valence-electron chi connectivity index (χ0n) is 13.8. The van der Waals surface area contributed by atoms with Crippen LogP contribution in [0.15, 0.2) is 18.2 Å². The molecule has 8 heteroatoms. The number of amides is 1. The molecule has 0 unspecified atom stereocenters. The van der Waals surface area contributed by atoms with E-state index in [-0.39, 0.29) is 36.0 Å². The number of hydrogen-bond donors (Lipinski definition) is 0. The number of rotatable bonds is 5. The fraction of sp³-hybridized carbons (Fsp3) is 0.588. The number of hydrogen-bond acceptors (Lipinski definition) is 4. The van der Waals surface area contributed by atoms with Crippen LogP contribution < -0.4 is 0 Å². The van der Waals surface area contributed by atoms with Crippen molar-refractivity contribution in [2.75, 3.05) is 24.7 Å². The van der Waals surface area contributed by atoms with Gasteiger partial charge >= 0.3 is 0 Å². The van der Waals surface area contributed by atoms with E-state index in [2.05, 4.69) is 0 Å². The second-order valence-electron chi connectivity index (χ2n) is 6.66.